The van der Waals surface area contributed by atoms with Crippen molar-refractivity contribution >= 4 is 46.5 Å². The molecule has 0 fully saturated rings. The van der Waals surface area contributed by atoms with Crippen LogP contribution in [0.4, 0.5) is 11.4 Å². The van der Waals surface area contributed by atoms with Crippen LogP contribution in [0.25, 0.3) is 0 Å². The molecule has 8 heteroatoms. The average molecular weight is 442 g/mol. The van der Waals surface area contributed by atoms with Crippen molar-refractivity contribution in [2.75, 3.05) is 17.7 Å². The molecule has 0 aliphatic heterocycles. The molecule has 0 spiro atoms. The standard InChI is InChI=1S/C23H27N3O4S/c1-23(2,3)16-7-5-15(6-8-16)21(29)24-17-9-11-18(12-10-17)25-22(31)26-19(27)13-14-20(28)30-4/h5-12H,13-14H2,1-4H3,(H,24,29)(H2,25,26,27,31). The van der Waals surface area contributed by atoms with Gasteiger partial charge in [-0.2, -0.15) is 0 Å². The van der Waals surface area contributed by atoms with Gasteiger partial charge in [-0.1, -0.05) is 32.9 Å². The van der Waals surface area contributed by atoms with Crippen molar-refractivity contribution in [3.63, 3.8) is 0 Å². The Labute approximate surface area is 187 Å². The molecule has 7 nitrogen and oxygen atoms in total. The largest absolute Gasteiger partial charge is 0.469 e. The van der Waals surface area contributed by atoms with Gasteiger partial charge in [-0.15, -0.1) is 0 Å². The van der Waals surface area contributed by atoms with Crippen molar-refractivity contribution in [3.8, 4) is 0 Å². The van der Waals surface area contributed by atoms with Crippen LogP contribution in [0.15, 0.2) is 48.5 Å². The van der Waals surface area contributed by atoms with E-state index in [1.165, 1.54) is 7.11 Å². The number of carbonyl (C=O) groups is 3. The van der Waals surface area contributed by atoms with Crippen LogP contribution in [0.2, 0.25) is 0 Å². The second-order valence-electron chi connectivity index (χ2n) is 7.94. The number of benzene rings is 2. The maximum absolute atomic E-state index is 12.5. The molecule has 164 valence electrons. The van der Waals surface area contributed by atoms with Crippen LogP contribution in [-0.2, 0) is 19.7 Å². The Hall–Kier alpha value is -3.26. The Morgan fingerprint density at radius 3 is 1.94 bits per heavy atom. The molecule has 0 aliphatic rings. The lowest BCUT2D eigenvalue weighted by molar-refractivity contribution is -0.142. The molecule has 2 amide bonds. The minimum atomic E-state index is -0.461. The average Bonchev–Trinajstić information content (AvgIpc) is 2.72. The molecule has 0 unspecified atom stereocenters. The van der Waals surface area contributed by atoms with Gasteiger partial charge in [0, 0.05) is 23.4 Å². The Balaban J connectivity index is 1.87. The van der Waals surface area contributed by atoms with E-state index >= 15 is 0 Å². The quantitative estimate of drug-likeness (QED) is 0.463. The number of anilines is 2. The zero-order valence-corrected chi connectivity index (χ0v) is 18.9. The first kappa shape index (κ1) is 24.0. The first-order chi connectivity index (χ1) is 14.6. The van der Waals surface area contributed by atoms with Gasteiger partial charge in [-0.05, 0) is 59.6 Å². The third-order valence-electron chi connectivity index (χ3n) is 4.45. The van der Waals surface area contributed by atoms with E-state index in [1.54, 1.807) is 24.3 Å². The number of hydrogen-bond donors (Lipinski definition) is 3. The number of hydrogen-bond acceptors (Lipinski definition) is 5. The van der Waals surface area contributed by atoms with Gasteiger partial charge in [-0.3, -0.25) is 14.4 Å². The third kappa shape index (κ3) is 7.82. The summed E-state index contributed by atoms with van der Waals surface area (Å²) in [5, 5.41) is 8.34. The van der Waals surface area contributed by atoms with Crippen molar-refractivity contribution in [1.29, 1.82) is 0 Å². The van der Waals surface area contributed by atoms with Crippen LogP contribution in [0.5, 0.6) is 0 Å². The Bertz CT molecular complexity index is 948. The molecule has 0 saturated heterocycles. The Morgan fingerprint density at radius 2 is 1.42 bits per heavy atom. The first-order valence-corrected chi connectivity index (χ1v) is 10.2. The molecule has 0 saturated carbocycles. The van der Waals surface area contributed by atoms with Crippen molar-refractivity contribution in [2.45, 2.75) is 39.0 Å². The van der Waals surface area contributed by atoms with Crippen molar-refractivity contribution in [1.82, 2.24) is 5.32 Å². The zero-order valence-electron chi connectivity index (χ0n) is 18.1. The molecule has 3 N–H and O–H groups in total. The lowest BCUT2D eigenvalue weighted by atomic mass is 9.87. The lowest BCUT2D eigenvalue weighted by Crippen LogP contribution is -2.34. The molecule has 0 atom stereocenters. The highest BCUT2D eigenvalue weighted by Gasteiger charge is 2.14. The van der Waals surface area contributed by atoms with Crippen molar-refractivity contribution in [3.05, 3.63) is 59.7 Å². The van der Waals surface area contributed by atoms with Gasteiger partial charge in [0.2, 0.25) is 5.91 Å². The van der Waals surface area contributed by atoms with E-state index < -0.39 is 5.97 Å². The highest BCUT2D eigenvalue weighted by Crippen LogP contribution is 2.22. The summed E-state index contributed by atoms with van der Waals surface area (Å²) in [5.41, 5.74) is 3.03. The SMILES string of the molecule is COC(=O)CCC(=O)NC(=S)Nc1ccc(NC(=O)c2ccc(C(C)(C)C)cc2)cc1. The van der Waals surface area contributed by atoms with Gasteiger partial charge in [-0.25, -0.2) is 0 Å². The molecular formula is C23H27N3O4S. The van der Waals surface area contributed by atoms with Gasteiger partial charge in [0.25, 0.3) is 5.91 Å². The van der Waals surface area contributed by atoms with Crippen LogP contribution in [0, 0.1) is 0 Å². The van der Waals surface area contributed by atoms with Crippen molar-refractivity contribution < 1.29 is 19.1 Å². The number of thiocarbonyl (C=S) groups is 1. The second kappa shape index (κ2) is 10.7. The normalized spacial score (nSPS) is 10.7. The topological polar surface area (TPSA) is 96.5 Å². The molecule has 0 aliphatic carbocycles. The fraction of sp³-hybridized carbons (Fsp3) is 0.304. The van der Waals surface area contributed by atoms with Gasteiger partial charge in [0.1, 0.15) is 0 Å². The van der Waals surface area contributed by atoms with Gasteiger partial charge < -0.3 is 20.7 Å². The molecule has 0 bridgehead atoms. The van der Waals surface area contributed by atoms with E-state index in [9.17, 15) is 14.4 Å². The second-order valence-corrected chi connectivity index (χ2v) is 8.35. The summed E-state index contributed by atoms with van der Waals surface area (Å²) in [6.07, 6.45) is -0.0333. The molecule has 0 heterocycles. The first-order valence-electron chi connectivity index (χ1n) is 9.78. The fourth-order valence-corrected chi connectivity index (χ4v) is 2.86. The van der Waals surface area contributed by atoms with E-state index in [-0.39, 0.29) is 35.2 Å². The number of amides is 2. The van der Waals surface area contributed by atoms with Crippen LogP contribution in [0.3, 0.4) is 0 Å². The Morgan fingerprint density at radius 1 is 0.871 bits per heavy atom. The number of carbonyl (C=O) groups excluding carboxylic acids is 3. The summed E-state index contributed by atoms with van der Waals surface area (Å²) >= 11 is 5.09. The van der Waals surface area contributed by atoms with Gasteiger partial charge in [0.05, 0.1) is 13.5 Å². The summed E-state index contributed by atoms with van der Waals surface area (Å²) in [6.45, 7) is 6.37. The van der Waals surface area contributed by atoms with Crippen molar-refractivity contribution in [2.24, 2.45) is 0 Å². The Kier molecular flexibility index (Phi) is 8.27. The highest BCUT2D eigenvalue weighted by atomic mass is 32.1. The van der Waals surface area contributed by atoms with Crippen LogP contribution in [0.1, 0.15) is 49.5 Å². The number of nitrogens with one attached hydrogen (secondary N) is 3. The maximum Gasteiger partial charge on any atom is 0.306 e. The lowest BCUT2D eigenvalue weighted by Gasteiger charge is -2.19. The summed E-state index contributed by atoms with van der Waals surface area (Å²) in [5.74, 6) is -1.05. The highest BCUT2D eigenvalue weighted by molar-refractivity contribution is 7.80. The summed E-state index contributed by atoms with van der Waals surface area (Å²) < 4.78 is 4.49. The van der Waals surface area contributed by atoms with E-state index in [2.05, 4.69) is 41.5 Å². The van der Waals surface area contributed by atoms with Gasteiger partial charge in [0.15, 0.2) is 5.11 Å². The number of methoxy groups -OCH3 is 1. The maximum atomic E-state index is 12.5. The summed E-state index contributed by atoms with van der Waals surface area (Å²) in [4.78, 5) is 35.3. The molecule has 2 aromatic carbocycles. The van der Waals surface area contributed by atoms with Crippen LogP contribution < -0.4 is 16.0 Å². The zero-order chi connectivity index (χ0) is 23.0. The molecule has 31 heavy (non-hydrogen) atoms. The number of rotatable bonds is 6. The number of esters is 1. The van der Waals surface area contributed by atoms with Gasteiger partial charge >= 0.3 is 5.97 Å². The monoisotopic (exact) mass is 441 g/mol. The molecule has 0 radical (unpaired) electrons. The van der Waals surface area contributed by atoms with Crippen LogP contribution in [-0.4, -0.2) is 30.0 Å². The smallest absolute Gasteiger partial charge is 0.306 e. The molecule has 2 aromatic rings. The number of ether oxygens (including phenoxy) is 1. The summed E-state index contributed by atoms with van der Waals surface area (Å²) in [7, 11) is 1.27. The van der Waals surface area contributed by atoms with E-state index in [1.807, 2.05) is 24.3 Å². The molecular weight excluding hydrogens is 414 g/mol. The predicted octanol–water partition coefficient (Wildman–Crippen LogP) is 4.00. The molecule has 0 aromatic heterocycles. The van der Waals surface area contributed by atoms with E-state index in [4.69, 9.17) is 12.2 Å². The van der Waals surface area contributed by atoms with E-state index in [0.717, 1.165) is 5.56 Å². The van der Waals surface area contributed by atoms with Crippen LogP contribution >= 0.6 is 12.2 Å². The fourth-order valence-electron chi connectivity index (χ4n) is 2.63. The minimum absolute atomic E-state index is 0.0156. The predicted molar refractivity (Wildman–Crippen MR) is 125 cm³/mol. The van der Waals surface area contributed by atoms with E-state index in [0.29, 0.717) is 16.9 Å². The summed E-state index contributed by atoms with van der Waals surface area (Å²) in [6, 6.07) is 14.5. The molecule has 2 rings (SSSR count). The third-order valence-corrected chi connectivity index (χ3v) is 4.65. The minimum Gasteiger partial charge on any atom is -0.469 e.